The van der Waals surface area contributed by atoms with Crippen LogP contribution >= 0.6 is 0 Å². The second-order valence-electron chi connectivity index (χ2n) is 6.73. The van der Waals surface area contributed by atoms with Gasteiger partial charge in [-0.05, 0) is 41.3 Å². The Hall–Kier alpha value is -0.820. The van der Waals surface area contributed by atoms with E-state index in [0.29, 0.717) is 19.5 Å². The van der Waals surface area contributed by atoms with Crippen molar-refractivity contribution in [2.75, 3.05) is 38.7 Å². The molecule has 0 saturated carbocycles. The minimum absolute atomic E-state index is 0.0813. The molecule has 20 heavy (non-hydrogen) atoms. The minimum Gasteiger partial charge on any atom is -0.333 e. The molecule has 118 valence electrons. The summed E-state index contributed by atoms with van der Waals surface area (Å²) in [7, 11) is 0.880. The maximum Gasteiger partial charge on any atom is 0.318 e. The van der Waals surface area contributed by atoms with E-state index in [-0.39, 0.29) is 29.1 Å². The minimum atomic E-state index is -2.99. The third-order valence-electron chi connectivity index (χ3n) is 3.18. The van der Waals surface area contributed by atoms with Crippen molar-refractivity contribution in [3.05, 3.63) is 0 Å². The van der Waals surface area contributed by atoms with E-state index in [1.54, 1.807) is 4.90 Å². The molecule has 2 amide bonds. The van der Waals surface area contributed by atoms with Gasteiger partial charge in [0.25, 0.3) is 0 Å². The first-order valence-corrected chi connectivity index (χ1v) is 8.76. The molecule has 1 aliphatic heterocycles. The number of nitrogens with zero attached hydrogens (tertiary/aromatic N) is 2. The van der Waals surface area contributed by atoms with Crippen LogP contribution in [0.5, 0.6) is 0 Å². The molecule has 0 aromatic rings. The van der Waals surface area contributed by atoms with E-state index < -0.39 is 9.84 Å². The first-order valence-electron chi connectivity index (χ1n) is 6.94. The number of carbonyl (C=O) groups is 1. The van der Waals surface area contributed by atoms with Gasteiger partial charge in [0.2, 0.25) is 0 Å². The van der Waals surface area contributed by atoms with Crippen LogP contribution in [0.2, 0.25) is 0 Å². The number of hydrogen-bond donors (Lipinski definition) is 1. The summed E-state index contributed by atoms with van der Waals surface area (Å²) < 4.78 is 23.2. The number of likely N-dealkylation sites (N-methyl/N-ethyl adjacent to an activating group) is 1. The van der Waals surface area contributed by atoms with Crippen LogP contribution in [0.15, 0.2) is 0 Å². The van der Waals surface area contributed by atoms with Crippen LogP contribution in [0.4, 0.5) is 4.79 Å². The number of sulfone groups is 1. The molecule has 1 saturated heterocycles. The van der Waals surface area contributed by atoms with Crippen LogP contribution in [-0.2, 0) is 9.84 Å². The number of hydrogen-bond acceptors (Lipinski definition) is 4. The Morgan fingerprint density at radius 2 is 1.85 bits per heavy atom. The van der Waals surface area contributed by atoms with Gasteiger partial charge in [0.05, 0.1) is 11.5 Å². The fourth-order valence-electron chi connectivity index (χ4n) is 2.17. The number of carbonyl (C=O) groups excluding carboxylic acids is 1. The van der Waals surface area contributed by atoms with Gasteiger partial charge in [0.15, 0.2) is 9.84 Å². The highest BCUT2D eigenvalue weighted by Gasteiger charge is 2.35. The summed E-state index contributed by atoms with van der Waals surface area (Å²) in [6, 6.07) is -0.385. The molecular formula is C13H27N3O3S. The molecule has 1 N–H and O–H groups in total. The summed E-state index contributed by atoms with van der Waals surface area (Å²) in [6.45, 7) is 7.00. The molecule has 0 aromatic heterocycles. The van der Waals surface area contributed by atoms with E-state index in [1.165, 1.54) is 0 Å². The summed E-state index contributed by atoms with van der Waals surface area (Å²) in [4.78, 5) is 16.0. The Balaban J connectivity index is 2.77. The number of urea groups is 1. The highest BCUT2D eigenvalue weighted by Crippen LogP contribution is 2.18. The topological polar surface area (TPSA) is 69.7 Å². The Morgan fingerprint density at radius 3 is 2.25 bits per heavy atom. The number of rotatable bonds is 4. The van der Waals surface area contributed by atoms with E-state index in [1.807, 2.05) is 39.8 Å². The molecule has 1 atom stereocenters. The quantitative estimate of drug-likeness (QED) is 0.823. The SMILES string of the molecule is CN(C)CCN(C(=O)NC(C)(C)C)C1CCS(=O)(=O)C1. The monoisotopic (exact) mass is 305 g/mol. The van der Waals surface area contributed by atoms with Crippen LogP contribution in [0.25, 0.3) is 0 Å². The van der Waals surface area contributed by atoms with E-state index in [0.717, 1.165) is 0 Å². The largest absolute Gasteiger partial charge is 0.333 e. The molecule has 0 spiro atoms. The molecule has 1 heterocycles. The maximum atomic E-state index is 12.4. The first-order chi connectivity index (χ1) is 9.00. The fourth-order valence-corrected chi connectivity index (χ4v) is 3.90. The molecule has 6 nitrogen and oxygen atoms in total. The second kappa shape index (κ2) is 6.30. The average Bonchev–Trinajstić information content (AvgIpc) is 2.55. The van der Waals surface area contributed by atoms with Crippen molar-refractivity contribution in [3.63, 3.8) is 0 Å². The van der Waals surface area contributed by atoms with Gasteiger partial charge in [0, 0.05) is 24.7 Å². The Kier molecular flexibility index (Phi) is 5.43. The van der Waals surface area contributed by atoms with Crippen LogP contribution in [-0.4, -0.2) is 74.5 Å². The predicted molar refractivity (Wildman–Crippen MR) is 80.6 cm³/mol. The van der Waals surface area contributed by atoms with Crippen LogP contribution in [0.3, 0.4) is 0 Å². The molecule has 0 aromatic carbocycles. The lowest BCUT2D eigenvalue weighted by molar-refractivity contribution is 0.165. The molecule has 0 bridgehead atoms. The summed E-state index contributed by atoms with van der Waals surface area (Å²) >= 11 is 0. The number of amides is 2. The highest BCUT2D eigenvalue weighted by molar-refractivity contribution is 7.91. The standard InChI is InChI=1S/C13H27N3O3S/c1-13(2,3)14-12(17)16(8-7-15(4)5)11-6-9-20(18,19)10-11/h11H,6-10H2,1-5H3,(H,14,17). The van der Waals surface area contributed by atoms with Crippen LogP contribution in [0.1, 0.15) is 27.2 Å². The lowest BCUT2D eigenvalue weighted by Crippen LogP contribution is -2.53. The van der Waals surface area contributed by atoms with Crippen molar-refractivity contribution in [2.24, 2.45) is 0 Å². The summed E-state index contributed by atoms with van der Waals surface area (Å²) in [5.74, 6) is 0.261. The highest BCUT2D eigenvalue weighted by atomic mass is 32.2. The third-order valence-corrected chi connectivity index (χ3v) is 4.93. The predicted octanol–water partition coefficient (Wildman–Crippen LogP) is 0.545. The zero-order valence-corrected chi connectivity index (χ0v) is 14.0. The fraction of sp³-hybridized carbons (Fsp3) is 0.923. The third kappa shape index (κ3) is 5.66. The average molecular weight is 305 g/mol. The molecule has 1 rings (SSSR count). The molecular weight excluding hydrogens is 278 g/mol. The Morgan fingerprint density at radius 1 is 1.25 bits per heavy atom. The molecule has 0 radical (unpaired) electrons. The van der Waals surface area contributed by atoms with E-state index in [9.17, 15) is 13.2 Å². The van der Waals surface area contributed by atoms with Crippen molar-refractivity contribution in [3.8, 4) is 0 Å². The number of nitrogens with one attached hydrogen (secondary N) is 1. The Labute approximate surface area is 122 Å². The van der Waals surface area contributed by atoms with Gasteiger partial charge < -0.3 is 15.1 Å². The molecule has 0 aliphatic carbocycles. The smallest absolute Gasteiger partial charge is 0.318 e. The second-order valence-corrected chi connectivity index (χ2v) is 8.96. The molecule has 7 heteroatoms. The van der Waals surface area contributed by atoms with E-state index in [2.05, 4.69) is 5.32 Å². The zero-order valence-electron chi connectivity index (χ0n) is 13.1. The lowest BCUT2D eigenvalue weighted by Gasteiger charge is -2.32. The van der Waals surface area contributed by atoms with E-state index >= 15 is 0 Å². The van der Waals surface area contributed by atoms with Crippen LogP contribution in [0, 0.1) is 0 Å². The van der Waals surface area contributed by atoms with Crippen molar-refractivity contribution >= 4 is 15.9 Å². The zero-order chi connectivity index (χ0) is 15.6. The molecule has 1 unspecified atom stereocenters. The lowest BCUT2D eigenvalue weighted by atomic mass is 10.1. The van der Waals surface area contributed by atoms with Gasteiger partial charge in [-0.1, -0.05) is 0 Å². The summed E-state index contributed by atoms with van der Waals surface area (Å²) in [5, 5.41) is 2.92. The van der Waals surface area contributed by atoms with Gasteiger partial charge in [-0.2, -0.15) is 0 Å². The normalized spacial score (nSPS) is 22.0. The summed E-state index contributed by atoms with van der Waals surface area (Å²) in [5.41, 5.74) is -0.328. The van der Waals surface area contributed by atoms with Crippen molar-refractivity contribution in [1.29, 1.82) is 0 Å². The van der Waals surface area contributed by atoms with Crippen molar-refractivity contribution < 1.29 is 13.2 Å². The van der Waals surface area contributed by atoms with Gasteiger partial charge in [-0.15, -0.1) is 0 Å². The van der Waals surface area contributed by atoms with Gasteiger partial charge >= 0.3 is 6.03 Å². The van der Waals surface area contributed by atoms with Gasteiger partial charge in [0.1, 0.15) is 0 Å². The Bertz CT molecular complexity index is 440. The van der Waals surface area contributed by atoms with Crippen molar-refractivity contribution in [2.45, 2.75) is 38.8 Å². The van der Waals surface area contributed by atoms with Crippen LogP contribution < -0.4 is 5.32 Å². The molecule has 1 fully saturated rings. The first kappa shape index (κ1) is 17.2. The maximum absolute atomic E-state index is 12.4. The van der Waals surface area contributed by atoms with Gasteiger partial charge in [-0.25, -0.2) is 13.2 Å². The van der Waals surface area contributed by atoms with E-state index in [4.69, 9.17) is 0 Å². The van der Waals surface area contributed by atoms with Crippen molar-refractivity contribution in [1.82, 2.24) is 15.1 Å². The molecule has 1 aliphatic rings. The summed E-state index contributed by atoms with van der Waals surface area (Å²) in [6.07, 6.45) is 0.535. The van der Waals surface area contributed by atoms with Gasteiger partial charge in [-0.3, -0.25) is 0 Å².